The summed E-state index contributed by atoms with van der Waals surface area (Å²) in [4.78, 5) is 23.8. The monoisotopic (exact) mass is 394 g/mol. The molecule has 1 unspecified atom stereocenters. The molecule has 0 saturated heterocycles. The van der Waals surface area contributed by atoms with E-state index >= 15 is 0 Å². The molecule has 1 aromatic carbocycles. The van der Waals surface area contributed by atoms with Crippen molar-refractivity contribution in [2.24, 2.45) is 5.41 Å². The number of aromatic nitrogens is 3. The summed E-state index contributed by atoms with van der Waals surface area (Å²) < 4.78 is 13.1. The van der Waals surface area contributed by atoms with E-state index in [1.165, 1.54) is 19.2 Å². The number of halogens is 1. The minimum Gasteiger partial charge on any atom is -0.347 e. The number of imidazole rings is 1. The summed E-state index contributed by atoms with van der Waals surface area (Å²) in [6.45, 7) is 8.02. The second kappa shape index (κ2) is 8.55. The molecule has 0 fully saturated rings. The quantitative estimate of drug-likeness (QED) is 0.641. The van der Waals surface area contributed by atoms with Crippen LogP contribution in [0.3, 0.4) is 0 Å². The van der Waals surface area contributed by atoms with E-state index < -0.39 is 0 Å². The van der Waals surface area contributed by atoms with E-state index in [1.807, 2.05) is 30.5 Å². The van der Waals surface area contributed by atoms with Gasteiger partial charge in [0, 0.05) is 18.7 Å². The molecule has 3 rings (SSSR count). The van der Waals surface area contributed by atoms with Gasteiger partial charge in [0.1, 0.15) is 11.6 Å². The van der Waals surface area contributed by atoms with Gasteiger partial charge in [-0.05, 0) is 36.0 Å². The smallest absolute Gasteiger partial charge is 0.217 e. The molecule has 0 radical (unpaired) electrons. The molecule has 0 bridgehead atoms. The van der Waals surface area contributed by atoms with Gasteiger partial charge < -0.3 is 10.3 Å². The molecule has 3 aromatic rings. The van der Waals surface area contributed by atoms with Crippen molar-refractivity contribution < 1.29 is 9.18 Å². The Bertz CT molecular complexity index is 956. The van der Waals surface area contributed by atoms with Gasteiger partial charge >= 0.3 is 0 Å². The van der Waals surface area contributed by atoms with Crippen LogP contribution >= 0.6 is 0 Å². The number of amides is 1. The van der Waals surface area contributed by atoms with Crippen molar-refractivity contribution >= 4 is 5.91 Å². The van der Waals surface area contributed by atoms with Crippen molar-refractivity contribution in [1.82, 2.24) is 20.3 Å². The van der Waals surface area contributed by atoms with Gasteiger partial charge in [-0.2, -0.15) is 0 Å². The number of hydrogen-bond acceptors (Lipinski definition) is 3. The van der Waals surface area contributed by atoms with E-state index in [2.05, 4.69) is 36.1 Å². The lowest BCUT2D eigenvalue weighted by Crippen LogP contribution is -2.28. The topological polar surface area (TPSA) is 70.7 Å². The highest BCUT2D eigenvalue weighted by atomic mass is 19.1. The molecule has 152 valence electrons. The van der Waals surface area contributed by atoms with Crippen molar-refractivity contribution in [2.75, 3.05) is 0 Å². The number of pyridine rings is 1. The Morgan fingerprint density at radius 3 is 2.48 bits per heavy atom. The number of carbonyl (C=O) groups is 1. The second-order valence-electron chi connectivity index (χ2n) is 8.53. The molecule has 0 spiro atoms. The standard InChI is InChI=1S/C23H27FN4O/c1-15(29)27-21(22-26-14-19(28-22)12-23(2,3)4)11-16-5-7-17(8-6-16)20-10-9-18(24)13-25-20/h5-10,13-14,21H,11-12H2,1-4H3,(H,26,28)(H,27,29). The average molecular weight is 394 g/mol. The van der Waals surface area contributed by atoms with Gasteiger partial charge in [-0.15, -0.1) is 0 Å². The van der Waals surface area contributed by atoms with Crippen LogP contribution in [0.4, 0.5) is 4.39 Å². The molecular weight excluding hydrogens is 367 g/mol. The summed E-state index contributed by atoms with van der Waals surface area (Å²) in [7, 11) is 0. The molecule has 0 aliphatic rings. The molecule has 2 aromatic heterocycles. The first kappa shape index (κ1) is 20.7. The maximum absolute atomic E-state index is 13.1. The van der Waals surface area contributed by atoms with E-state index in [-0.39, 0.29) is 23.2 Å². The highest BCUT2D eigenvalue weighted by Crippen LogP contribution is 2.23. The summed E-state index contributed by atoms with van der Waals surface area (Å²) in [6, 6.07) is 10.7. The molecule has 29 heavy (non-hydrogen) atoms. The second-order valence-corrected chi connectivity index (χ2v) is 8.53. The van der Waals surface area contributed by atoms with Crippen molar-refractivity contribution in [3.05, 3.63) is 71.7 Å². The zero-order chi connectivity index (χ0) is 21.0. The van der Waals surface area contributed by atoms with Crippen LogP contribution in [0.2, 0.25) is 0 Å². The lowest BCUT2D eigenvalue weighted by atomic mass is 9.91. The number of hydrogen-bond donors (Lipinski definition) is 2. The zero-order valence-electron chi connectivity index (χ0n) is 17.3. The SMILES string of the molecule is CC(=O)NC(Cc1ccc(-c2ccc(F)cn2)cc1)c1nc(CC(C)(C)C)c[nH]1. The minimum absolute atomic E-state index is 0.101. The normalized spacial score (nSPS) is 12.6. The van der Waals surface area contributed by atoms with Gasteiger partial charge in [0.05, 0.1) is 23.6 Å². The molecule has 0 saturated carbocycles. The van der Waals surface area contributed by atoms with Gasteiger partial charge in [0.2, 0.25) is 5.91 Å². The van der Waals surface area contributed by atoms with E-state index in [4.69, 9.17) is 4.98 Å². The third-order valence-electron chi connectivity index (χ3n) is 4.49. The number of rotatable bonds is 6. The maximum Gasteiger partial charge on any atom is 0.217 e. The summed E-state index contributed by atoms with van der Waals surface area (Å²) in [5.74, 6) is 0.299. The molecule has 2 heterocycles. The summed E-state index contributed by atoms with van der Waals surface area (Å²) in [5.41, 5.74) is 3.81. The number of benzene rings is 1. The van der Waals surface area contributed by atoms with Gasteiger partial charge in [0.15, 0.2) is 0 Å². The van der Waals surface area contributed by atoms with Crippen LogP contribution in [-0.2, 0) is 17.6 Å². The van der Waals surface area contributed by atoms with E-state index in [0.717, 1.165) is 29.1 Å². The van der Waals surface area contributed by atoms with Crippen LogP contribution in [0.1, 0.15) is 50.8 Å². The molecule has 0 aliphatic heterocycles. The Morgan fingerprint density at radius 2 is 1.90 bits per heavy atom. The minimum atomic E-state index is -0.354. The third-order valence-corrected chi connectivity index (χ3v) is 4.49. The molecule has 0 aliphatic carbocycles. The molecule has 1 amide bonds. The predicted molar refractivity (Wildman–Crippen MR) is 112 cm³/mol. The zero-order valence-corrected chi connectivity index (χ0v) is 17.3. The van der Waals surface area contributed by atoms with Crippen LogP contribution in [0.15, 0.2) is 48.8 Å². The average Bonchev–Trinajstić information content (AvgIpc) is 3.09. The van der Waals surface area contributed by atoms with Gasteiger partial charge in [-0.1, -0.05) is 45.0 Å². The Labute approximate surface area is 170 Å². The number of nitrogens with one attached hydrogen (secondary N) is 2. The van der Waals surface area contributed by atoms with E-state index in [1.54, 1.807) is 6.07 Å². The molecule has 1 atom stereocenters. The van der Waals surface area contributed by atoms with Crippen molar-refractivity contribution in [3.8, 4) is 11.3 Å². The first-order valence-electron chi connectivity index (χ1n) is 9.72. The van der Waals surface area contributed by atoms with E-state index in [0.29, 0.717) is 12.1 Å². The fraction of sp³-hybridized carbons (Fsp3) is 0.348. The molecule has 2 N–H and O–H groups in total. The first-order chi connectivity index (χ1) is 13.7. The summed E-state index contributed by atoms with van der Waals surface area (Å²) in [5, 5.41) is 2.99. The Kier molecular flexibility index (Phi) is 6.11. The lowest BCUT2D eigenvalue weighted by Gasteiger charge is -2.17. The fourth-order valence-electron chi connectivity index (χ4n) is 3.24. The predicted octanol–water partition coefficient (Wildman–Crippen LogP) is 4.62. The number of H-pyrrole nitrogens is 1. The highest BCUT2D eigenvalue weighted by molar-refractivity contribution is 5.73. The summed E-state index contributed by atoms with van der Waals surface area (Å²) >= 11 is 0. The van der Waals surface area contributed by atoms with Crippen LogP contribution < -0.4 is 5.32 Å². The maximum atomic E-state index is 13.1. The first-order valence-corrected chi connectivity index (χ1v) is 9.72. The Morgan fingerprint density at radius 1 is 1.17 bits per heavy atom. The van der Waals surface area contributed by atoms with Crippen molar-refractivity contribution in [3.63, 3.8) is 0 Å². The van der Waals surface area contributed by atoms with Crippen molar-refractivity contribution in [2.45, 2.75) is 46.6 Å². The number of carbonyl (C=O) groups excluding carboxylic acids is 1. The van der Waals surface area contributed by atoms with Gasteiger partial charge in [-0.25, -0.2) is 9.37 Å². The van der Waals surface area contributed by atoms with E-state index in [9.17, 15) is 9.18 Å². The van der Waals surface area contributed by atoms with Crippen LogP contribution in [0.25, 0.3) is 11.3 Å². The summed E-state index contributed by atoms with van der Waals surface area (Å²) in [6.07, 6.45) is 4.59. The largest absolute Gasteiger partial charge is 0.347 e. The molecule has 5 nitrogen and oxygen atoms in total. The van der Waals surface area contributed by atoms with Crippen molar-refractivity contribution in [1.29, 1.82) is 0 Å². The van der Waals surface area contributed by atoms with Gasteiger partial charge in [0.25, 0.3) is 0 Å². The van der Waals surface area contributed by atoms with Crippen LogP contribution in [0, 0.1) is 11.2 Å². The number of nitrogens with zero attached hydrogens (tertiary/aromatic N) is 2. The van der Waals surface area contributed by atoms with Crippen LogP contribution in [-0.4, -0.2) is 20.9 Å². The van der Waals surface area contributed by atoms with Crippen LogP contribution in [0.5, 0.6) is 0 Å². The number of aromatic amines is 1. The fourth-order valence-corrected chi connectivity index (χ4v) is 3.24. The Balaban J connectivity index is 1.76. The lowest BCUT2D eigenvalue weighted by molar-refractivity contribution is -0.119. The Hall–Kier alpha value is -3.02. The third kappa shape index (κ3) is 5.98. The van der Waals surface area contributed by atoms with Gasteiger partial charge in [-0.3, -0.25) is 9.78 Å². The molecular formula is C23H27FN4O. The highest BCUT2D eigenvalue weighted by Gasteiger charge is 2.19. The molecule has 6 heteroatoms.